The second-order valence-electron chi connectivity index (χ2n) is 7.57. The molecule has 0 aliphatic carbocycles. The Labute approximate surface area is 166 Å². The number of hydrogen-bond donors (Lipinski definition) is 1. The van der Waals surface area contributed by atoms with E-state index in [1.807, 2.05) is 4.90 Å². The van der Waals surface area contributed by atoms with E-state index >= 15 is 0 Å². The lowest BCUT2D eigenvalue weighted by atomic mass is 10.4. The number of hydrogen-bond acceptors (Lipinski definition) is 5. The predicted octanol–water partition coefficient (Wildman–Crippen LogP) is 0.0353. The zero-order chi connectivity index (χ0) is 20.3. The third-order valence-electron chi connectivity index (χ3n) is 5.32. The van der Waals surface area contributed by atoms with Gasteiger partial charge < -0.3 is 14.8 Å². The Morgan fingerprint density at radius 2 is 1.75 bits per heavy atom. The minimum atomic E-state index is -3.68. The fraction of sp³-hybridized carbons (Fsp3) is 0.667. The number of nitrogens with one attached hydrogen (secondary N) is 1. The molecule has 0 saturated carbocycles. The van der Waals surface area contributed by atoms with Gasteiger partial charge in [0.15, 0.2) is 0 Å². The maximum atomic E-state index is 13.0. The molecule has 1 aromatic heterocycles. The monoisotopic (exact) mass is 411 g/mol. The highest BCUT2D eigenvalue weighted by molar-refractivity contribution is 7.89. The number of aromatic nitrogens is 1. The Bertz CT molecular complexity index is 814. The molecule has 2 fully saturated rings. The predicted molar refractivity (Wildman–Crippen MR) is 104 cm³/mol. The molecule has 0 radical (unpaired) electrons. The van der Waals surface area contributed by atoms with Gasteiger partial charge in [-0.15, -0.1) is 0 Å². The van der Waals surface area contributed by atoms with E-state index < -0.39 is 10.0 Å². The fourth-order valence-electron chi connectivity index (χ4n) is 3.56. The second-order valence-corrected chi connectivity index (χ2v) is 9.51. The van der Waals surface area contributed by atoms with E-state index in [9.17, 15) is 18.0 Å². The molecule has 28 heavy (non-hydrogen) atoms. The van der Waals surface area contributed by atoms with Crippen LogP contribution < -0.4 is 0 Å². The Kier molecular flexibility index (Phi) is 6.41. The highest BCUT2D eigenvalue weighted by Crippen LogP contribution is 2.20. The molecule has 0 atom stereocenters. The standard InChI is InChI=1S/C18H29N5O4S/c1-20(2)17(24)14-21-6-5-9-23(11-10-21)28(26,27)15-12-16(19-13-15)18(25)22-7-3-4-8-22/h12-13,19H,3-11,14H2,1-2H3. The first-order valence-electron chi connectivity index (χ1n) is 9.69. The van der Waals surface area contributed by atoms with Crippen LogP contribution in [0.3, 0.4) is 0 Å². The molecular formula is C18H29N5O4S. The molecular weight excluding hydrogens is 382 g/mol. The molecule has 0 unspecified atom stereocenters. The smallest absolute Gasteiger partial charge is 0.270 e. The number of nitrogens with zero attached hydrogens (tertiary/aromatic N) is 4. The minimum Gasteiger partial charge on any atom is -0.356 e. The lowest BCUT2D eigenvalue weighted by Crippen LogP contribution is -2.39. The van der Waals surface area contributed by atoms with E-state index in [0.717, 1.165) is 12.8 Å². The van der Waals surface area contributed by atoms with Gasteiger partial charge in [-0.1, -0.05) is 0 Å². The van der Waals surface area contributed by atoms with Gasteiger partial charge in [0.25, 0.3) is 5.91 Å². The summed E-state index contributed by atoms with van der Waals surface area (Å²) in [4.78, 5) is 32.6. The number of likely N-dealkylation sites (tertiary alicyclic amines) is 1. The molecule has 2 saturated heterocycles. The molecule has 9 nitrogen and oxygen atoms in total. The van der Waals surface area contributed by atoms with Crippen LogP contribution in [0.1, 0.15) is 29.8 Å². The Morgan fingerprint density at radius 3 is 2.43 bits per heavy atom. The van der Waals surface area contributed by atoms with E-state index in [2.05, 4.69) is 4.98 Å². The van der Waals surface area contributed by atoms with Crippen LogP contribution in [0.2, 0.25) is 0 Å². The van der Waals surface area contributed by atoms with Gasteiger partial charge >= 0.3 is 0 Å². The van der Waals surface area contributed by atoms with Crippen molar-refractivity contribution in [2.75, 3.05) is 59.9 Å². The van der Waals surface area contributed by atoms with E-state index in [4.69, 9.17) is 0 Å². The van der Waals surface area contributed by atoms with E-state index in [1.54, 1.807) is 19.0 Å². The van der Waals surface area contributed by atoms with Crippen molar-refractivity contribution in [1.82, 2.24) is 24.0 Å². The Balaban J connectivity index is 1.66. The molecule has 3 rings (SSSR count). The zero-order valence-electron chi connectivity index (χ0n) is 16.6. The number of H-pyrrole nitrogens is 1. The van der Waals surface area contributed by atoms with Gasteiger partial charge in [0.1, 0.15) is 10.6 Å². The van der Waals surface area contributed by atoms with Crippen LogP contribution >= 0.6 is 0 Å². The third-order valence-corrected chi connectivity index (χ3v) is 7.20. The first-order chi connectivity index (χ1) is 13.3. The highest BCUT2D eigenvalue weighted by Gasteiger charge is 2.30. The van der Waals surface area contributed by atoms with E-state index in [0.29, 0.717) is 57.9 Å². The summed E-state index contributed by atoms with van der Waals surface area (Å²) in [5.41, 5.74) is 0.313. The average Bonchev–Trinajstić information content (AvgIpc) is 3.31. The summed E-state index contributed by atoms with van der Waals surface area (Å²) in [7, 11) is -0.256. The number of amides is 2. The summed E-state index contributed by atoms with van der Waals surface area (Å²) < 4.78 is 27.5. The van der Waals surface area contributed by atoms with Gasteiger partial charge in [0.2, 0.25) is 15.9 Å². The third kappa shape index (κ3) is 4.56. The summed E-state index contributed by atoms with van der Waals surface area (Å²) in [5.74, 6) is -0.143. The van der Waals surface area contributed by atoms with Crippen molar-refractivity contribution >= 4 is 21.8 Å². The van der Waals surface area contributed by atoms with Crippen molar-refractivity contribution in [3.05, 3.63) is 18.0 Å². The molecule has 0 bridgehead atoms. The first-order valence-corrected chi connectivity index (χ1v) is 11.1. The minimum absolute atomic E-state index is 0.00649. The largest absolute Gasteiger partial charge is 0.356 e. The van der Waals surface area contributed by atoms with E-state index in [1.165, 1.54) is 21.5 Å². The van der Waals surface area contributed by atoms with Crippen molar-refractivity contribution < 1.29 is 18.0 Å². The number of likely N-dealkylation sites (N-methyl/N-ethyl adjacent to an activating group) is 1. The number of sulfonamides is 1. The zero-order valence-corrected chi connectivity index (χ0v) is 17.4. The SMILES string of the molecule is CN(C)C(=O)CN1CCCN(S(=O)(=O)c2c[nH]c(C(=O)N3CCCC3)c2)CC1. The van der Waals surface area contributed by atoms with Gasteiger partial charge in [0, 0.05) is 53.0 Å². The Morgan fingerprint density at radius 1 is 1.04 bits per heavy atom. The average molecular weight is 412 g/mol. The summed E-state index contributed by atoms with van der Waals surface area (Å²) in [5, 5.41) is 0. The van der Waals surface area contributed by atoms with Crippen LogP contribution in [0.4, 0.5) is 0 Å². The number of carbonyl (C=O) groups excluding carboxylic acids is 2. The van der Waals surface area contributed by atoms with Crippen LogP contribution in [-0.2, 0) is 14.8 Å². The molecule has 0 spiro atoms. The van der Waals surface area contributed by atoms with Crippen molar-refractivity contribution in [2.24, 2.45) is 0 Å². The normalized spacial score (nSPS) is 19.6. The van der Waals surface area contributed by atoms with Crippen LogP contribution in [0.25, 0.3) is 0 Å². The number of aromatic amines is 1. The number of carbonyl (C=O) groups is 2. The molecule has 156 valence electrons. The lowest BCUT2D eigenvalue weighted by Gasteiger charge is -2.22. The van der Waals surface area contributed by atoms with Crippen molar-refractivity contribution in [3.8, 4) is 0 Å². The maximum Gasteiger partial charge on any atom is 0.270 e. The van der Waals surface area contributed by atoms with Gasteiger partial charge in [-0.25, -0.2) is 8.42 Å². The van der Waals surface area contributed by atoms with Crippen LogP contribution in [0, 0.1) is 0 Å². The molecule has 10 heteroatoms. The molecule has 2 aliphatic rings. The van der Waals surface area contributed by atoms with Gasteiger partial charge in [-0.3, -0.25) is 14.5 Å². The molecule has 1 aromatic rings. The molecule has 0 aromatic carbocycles. The summed E-state index contributed by atoms with van der Waals surface area (Å²) in [6.07, 6.45) is 4.03. The maximum absolute atomic E-state index is 13.0. The number of rotatable bonds is 5. The van der Waals surface area contributed by atoms with Crippen molar-refractivity contribution in [3.63, 3.8) is 0 Å². The summed E-state index contributed by atoms with van der Waals surface area (Å²) in [6.45, 7) is 3.63. The van der Waals surface area contributed by atoms with Crippen LogP contribution in [-0.4, -0.2) is 104 Å². The first kappa shape index (κ1) is 20.8. The molecule has 1 N–H and O–H groups in total. The quantitative estimate of drug-likeness (QED) is 0.738. The summed E-state index contributed by atoms with van der Waals surface area (Å²) >= 11 is 0. The van der Waals surface area contributed by atoms with Crippen molar-refractivity contribution in [1.29, 1.82) is 0 Å². The second kappa shape index (κ2) is 8.62. The van der Waals surface area contributed by atoms with Crippen LogP contribution in [0.15, 0.2) is 17.2 Å². The molecule has 2 aliphatic heterocycles. The van der Waals surface area contributed by atoms with E-state index in [-0.39, 0.29) is 16.7 Å². The lowest BCUT2D eigenvalue weighted by molar-refractivity contribution is -0.129. The van der Waals surface area contributed by atoms with Gasteiger partial charge in [-0.2, -0.15) is 4.31 Å². The van der Waals surface area contributed by atoms with Crippen molar-refractivity contribution in [2.45, 2.75) is 24.2 Å². The van der Waals surface area contributed by atoms with Gasteiger partial charge in [-0.05, 0) is 31.9 Å². The summed E-state index contributed by atoms with van der Waals surface area (Å²) in [6, 6.07) is 1.44. The van der Waals surface area contributed by atoms with Gasteiger partial charge in [0.05, 0.1) is 6.54 Å². The highest BCUT2D eigenvalue weighted by atomic mass is 32.2. The molecule has 2 amide bonds. The van der Waals surface area contributed by atoms with Crippen LogP contribution in [0.5, 0.6) is 0 Å². The topological polar surface area (TPSA) is 97.0 Å². The molecule has 3 heterocycles. The fourth-order valence-corrected chi connectivity index (χ4v) is 5.03. The Hall–Kier alpha value is -1.91.